The van der Waals surface area contributed by atoms with Crippen LogP contribution in [0.15, 0.2) is 35.5 Å². The molecule has 0 atom stereocenters. The van der Waals surface area contributed by atoms with Crippen LogP contribution in [0.2, 0.25) is 0 Å². The first kappa shape index (κ1) is 25.8. The highest BCUT2D eigenvalue weighted by molar-refractivity contribution is 6.03. The van der Waals surface area contributed by atoms with Gasteiger partial charge in [-0.1, -0.05) is 0 Å². The Labute approximate surface area is 219 Å². The number of aromatic nitrogens is 3. The number of morpholine rings is 2. The number of methoxy groups -OCH3 is 2. The fraction of sp³-hybridized carbons (Fsp3) is 0.480. The first-order chi connectivity index (χ1) is 18.6. The number of esters is 2. The van der Waals surface area contributed by atoms with Crippen LogP contribution in [0, 0.1) is 0 Å². The molecule has 1 aromatic heterocycles. The molecule has 2 aromatic rings. The predicted molar refractivity (Wildman–Crippen MR) is 136 cm³/mol. The zero-order chi connectivity index (χ0) is 26.5. The van der Waals surface area contributed by atoms with E-state index < -0.39 is 11.9 Å². The van der Waals surface area contributed by atoms with E-state index in [1.54, 1.807) is 4.90 Å². The molecule has 3 aliphatic heterocycles. The largest absolute Gasteiger partial charge is 0.466 e. The number of carbonyl (C=O) groups is 2. The number of benzene rings is 1. The fourth-order valence-corrected chi connectivity index (χ4v) is 4.43. The Bertz CT molecular complexity index is 1160. The minimum Gasteiger partial charge on any atom is -0.466 e. The van der Waals surface area contributed by atoms with Crippen molar-refractivity contribution in [3.8, 4) is 11.4 Å². The molecule has 0 aliphatic carbocycles. The third kappa shape index (κ3) is 5.39. The number of nitrogens with zero attached hydrogens (tertiary/aromatic N) is 6. The summed E-state index contributed by atoms with van der Waals surface area (Å²) in [5, 5.41) is 0. The van der Waals surface area contributed by atoms with Crippen LogP contribution in [0.3, 0.4) is 0 Å². The smallest absolute Gasteiger partial charge is 0.355 e. The second kappa shape index (κ2) is 11.7. The normalized spacial score (nSPS) is 18.4. The minimum absolute atomic E-state index is 0.0504. The third-order valence-electron chi connectivity index (χ3n) is 6.47. The molecule has 0 unspecified atom stereocenters. The van der Waals surface area contributed by atoms with Gasteiger partial charge in [-0.2, -0.15) is 15.0 Å². The number of rotatable bonds is 6. The van der Waals surface area contributed by atoms with Gasteiger partial charge in [0.25, 0.3) is 0 Å². The molecular weight excluding hydrogens is 496 g/mol. The molecule has 0 N–H and O–H groups in total. The van der Waals surface area contributed by atoms with Gasteiger partial charge in [-0.3, -0.25) is 0 Å². The second-order valence-electron chi connectivity index (χ2n) is 8.72. The minimum atomic E-state index is -0.652. The van der Waals surface area contributed by atoms with Crippen LogP contribution in [-0.4, -0.2) is 107 Å². The summed E-state index contributed by atoms with van der Waals surface area (Å²) in [7, 11) is 2.52. The van der Waals surface area contributed by atoms with Crippen molar-refractivity contribution in [3.05, 3.63) is 35.5 Å². The number of hydrogen-bond donors (Lipinski definition) is 0. The van der Waals surface area contributed by atoms with Crippen molar-refractivity contribution >= 4 is 29.5 Å². The summed E-state index contributed by atoms with van der Waals surface area (Å²) in [5.41, 5.74) is 1.58. The van der Waals surface area contributed by atoms with E-state index in [-0.39, 0.29) is 24.6 Å². The maximum absolute atomic E-state index is 12.6. The number of ether oxygens (including phenoxy) is 5. The van der Waals surface area contributed by atoms with Crippen LogP contribution in [0.5, 0.6) is 0 Å². The quantitative estimate of drug-likeness (QED) is 0.488. The van der Waals surface area contributed by atoms with Crippen molar-refractivity contribution in [3.63, 3.8) is 0 Å². The number of anilines is 3. The van der Waals surface area contributed by atoms with E-state index in [2.05, 4.69) is 9.80 Å². The monoisotopic (exact) mass is 526 g/mol. The highest BCUT2D eigenvalue weighted by atomic mass is 16.5. The molecule has 4 heterocycles. The molecule has 2 fully saturated rings. The van der Waals surface area contributed by atoms with E-state index in [1.807, 2.05) is 24.3 Å². The number of carbonyl (C=O) groups excluding carboxylic acids is 2. The molecule has 2 saturated heterocycles. The lowest BCUT2D eigenvalue weighted by Crippen LogP contribution is -2.40. The Balaban J connectivity index is 1.48. The molecule has 0 amide bonds. The zero-order valence-corrected chi connectivity index (χ0v) is 21.4. The Hall–Kier alpha value is -3.81. The summed E-state index contributed by atoms with van der Waals surface area (Å²) in [6.45, 7) is 5.28. The van der Waals surface area contributed by atoms with Crippen LogP contribution in [0.4, 0.5) is 17.6 Å². The fourth-order valence-electron chi connectivity index (χ4n) is 4.43. The van der Waals surface area contributed by atoms with Crippen molar-refractivity contribution in [2.75, 3.05) is 94.9 Å². The lowest BCUT2D eigenvalue weighted by molar-refractivity contribution is -0.140. The average Bonchev–Trinajstić information content (AvgIpc) is 3.00. The van der Waals surface area contributed by atoms with Crippen molar-refractivity contribution in [1.29, 1.82) is 0 Å². The molecule has 13 heteroatoms. The molecule has 1 aromatic carbocycles. The Morgan fingerprint density at radius 3 is 1.84 bits per heavy atom. The Morgan fingerprint density at radius 2 is 1.32 bits per heavy atom. The van der Waals surface area contributed by atoms with Gasteiger partial charge in [-0.05, 0) is 24.3 Å². The molecule has 0 radical (unpaired) electrons. The number of hydrogen-bond acceptors (Lipinski definition) is 13. The van der Waals surface area contributed by atoms with Gasteiger partial charge in [0.15, 0.2) is 5.82 Å². The maximum Gasteiger partial charge on any atom is 0.355 e. The summed E-state index contributed by atoms with van der Waals surface area (Å²) in [5.74, 6) is 0.436. The lowest BCUT2D eigenvalue weighted by atomic mass is 10.1. The average molecular weight is 527 g/mol. The highest BCUT2D eigenvalue weighted by Gasteiger charge is 2.32. The van der Waals surface area contributed by atoms with Gasteiger partial charge < -0.3 is 38.4 Å². The standard InChI is InChI=1S/C25H30N6O7/c1-34-22(32)19-15-38-16-31(20(19)23(33)35-2)18-5-3-17(4-6-18)21-26-24(29-7-11-36-12-8-29)28-25(27-21)30-9-13-37-14-10-30/h3-6H,7-16H2,1-2H3. The van der Waals surface area contributed by atoms with Gasteiger partial charge in [0.05, 0.1) is 52.8 Å². The molecule has 13 nitrogen and oxygen atoms in total. The van der Waals surface area contributed by atoms with Gasteiger partial charge in [-0.25, -0.2) is 9.59 Å². The first-order valence-corrected chi connectivity index (χ1v) is 12.4. The summed E-state index contributed by atoms with van der Waals surface area (Å²) >= 11 is 0. The second-order valence-corrected chi connectivity index (χ2v) is 8.72. The first-order valence-electron chi connectivity index (χ1n) is 12.4. The van der Waals surface area contributed by atoms with Crippen LogP contribution in [-0.2, 0) is 33.3 Å². The topological polar surface area (TPSA) is 129 Å². The van der Waals surface area contributed by atoms with Crippen LogP contribution in [0.1, 0.15) is 0 Å². The molecular formula is C25H30N6O7. The third-order valence-corrected chi connectivity index (χ3v) is 6.47. The SMILES string of the molecule is COC(=O)C1=C(C(=O)OC)N(c2ccc(-c3nc(N4CCOCC4)nc(N4CCOCC4)n3)cc2)COC1. The van der Waals surface area contributed by atoms with E-state index in [0.29, 0.717) is 76.0 Å². The van der Waals surface area contributed by atoms with Crippen LogP contribution in [0.25, 0.3) is 11.4 Å². The Kier molecular flexibility index (Phi) is 7.96. The van der Waals surface area contributed by atoms with Crippen molar-refractivity contribution in [1.82, 2.24) is 15.0 Å². The predicted octanol–water partition coefficient (Wildman–Crippen LogP) is 0.606. The van der Waals surface area contributed by atoms with Gasteiger partial charge in [0.1, 0.15) is 12.4 Å². The summed E-state index contributed by atoms with van der Waals surface area (Å²) in [6.07, 6.45) is 0. The molecule has 0 saturated carbocycles. The molecule has 0 spiro atoms. The van der Waals surface area contributed by atoms with Crippen molar-refractivity contribution in [2.24, 2.45) is 0 Å². The molecule has 38 heavy (non-hydrogen) atoms. The summed E-state index contributed by atoms with van der Waals surface area (Å²) < 4.78 is 26.4. The molecule has 3 aliphatic rings. The van der Waals surface area contributed by atoms with E-state index >= 15 is 0 Å². The van der Waals surface area contributed by atoms with E-state index in [9.17, 15) is 9.59 Å². The van der Waals surface area contributed by atoms with Crippen LogP contribution < -0.4 is 14.7 Å². The maximum atomic E-state index is 12.6. The van der Waals surface area contributed by atoms with Gasteiger partial charge in [0, 0.05) is 37.4 Å². The van der Waals surface area contributed by atoms with E-state index in [1.165, 1.54) is 14.2 Å². The molecule has 0 bridgehead atoms. The van der Waals surface area contributed by atoms with Gasteiger partial charge >= 0.3 is 11.9 Å². The van der Waals surface area contributed by atoms with Gasteiger partial charge in [-0.15, -0.1) is 0 Å². The highest BCUT2D eigenvalue weighted by Crippen LogP contribution is 2.29. The molecule has 202 valence electrons. The van der Waals surface area contributed by atoms with E-state index in [4.69, 9.17) is 38.6 Å². The zero-order valence-electron chi connectivity index (χ0n) is 21.4. The summed E-state index contributed by atoms with van der Waals surface area (Å²) in [4.78, 5) is 45.0. The van der Waals surface area contributed by atoms with Crippen LogP contribution >= 0.6 is 0 Å². The van der Waals surface area contributed by atoms with Gasteiger partial charge in [0.2, 0.25) is 11.9 Å². The van der Waals surface area contributed by atoms with E-state index in [0.717, 1.165) is 5.56 Å². The van der Waals surface area contributed by atoms with Crippen molar-refractivity contribution < 1.29 is 33.3 Å². The van der Waals surface area contributed by atoms with Crippen molar-refractivity contribution in [2.45, 2.75) is 0 Å². The Morgan fingerprint density at radius 1 is 0.763 bits per heavy atom. The molecule has 5 rings (SSSR count). The summed E-state index contributed by atoms with van der Waals surface area (Å²) in [6, 6.07) is 7.35. The lowest BCUT2D eigenvalue weighted by Gasteiger charge is -2.31.